The SMILES string of the molecule is CN(C)[C@@H]1CN(C(=O)c2ccc(CN3CCCC3)o2)CC[C@]1(O)c1ccccc1. The topological polar surface area (TPSA) is 60.2 Å². The van der Waals surface area contributed by atoms with Crippen molar-refractivity contribution in [2.75, 3.05) is 40.3 Å². The van der Waals surface area contributed by atoms with Crippen LogP contribution in [0, 0.1) is 0 Å². The minimum Gasteiger partial charge on any atom is -0.455 e. The number of benzene rings is 1. The Morgan fingerprint density at radius 3 is 2.55 bits per heavy atom. The lowest BCUT2D eigenvalue weighted by molar-refractivity contribution is -0.0814. The molecule has 1 amide bonds. The van der Waals surface area contributed by atoms with Crippen LogP contribution in [0.4, 0.5) is 0 Å². The van der Waals surface area contributed by atoms with Gasteiger partial charge in [-0.3, -0.25) is 9.69 Å². The van der Waals surface area contributed by atoms with Gasteiger partial charge in [-0.2, -0.15) is 0 Å². The summed E-state index contributed by atoms with van der Waals surface area (Å²) in [6, 6.07) is 13.3. The average molecular weight is 398 g/mol. The van der Waals surface area contributed by atoms with E-state index in [2.05, 4.69) is 4.90 Å². The Morgan fingerprint density at radius 1 is 1.14 bits per heavy atom. The zero-order chi connectivity index (χ0) is 20.4. The fourth-order valence-corrected chi connectivity index (χ4v) is 4.66. The van der Waals surface area contributed by atoms with Crippen LogP contribution in [-0.2, 0) is 12.1 Å². The third kappa shape index (κ3) is 4.10. The van der Waals surface area contributed by atoms with Gasteiger partial charge >= 0.3 is 0 Å². The molecule has 1 aromatic heterocycles. The Morgan fingerprint density at radius 2 is 1.86 bits per heavy atom. The number of amides is 1. The molecule has 2 aromatic rings. The summed E-state index contributed by atoms with van der Waals surface area (Å²) in [5.74, 6) is 1.14. The van der Waals surface area contributed by atoms with E-state index in [1.807, 2.05) is 55.4 Å². The molecule has 0 saturated carbocycles. The van der Waals surface area contributed by atoms with Crippen LogP contribution in [0.25, 0.3) is 0 Å². The lowest BCUT2D eigenvalue weighted by Gasteiger charge is -2.47. The number of hydrogen-bond donors (Lipinski definition) is 1. The Kier molecular flexibility index (Phi) is 5.76. The van der Waals surface area contributed by atoms with E-state index in [0.29, 0.717) is 25.3 Å². The second kappa shape index (κ2) is 8.30. The van der Waals surface area contributed by atoms with E-state index in [1.54, 1.807) is 11.0 Å². The van der Waals surface area contributed by atoms with E-state index in [1.165, 1.54) is 12.8 Å². The standard InChI is InChI=1S/C23H31N3O3/c1-24(2)21-17-26(15-12-23(21,28)18-8-4-3-5-9-18)22(27)20-11-10-19(29-20)16-25-13-6-7-14-25/h3-5,8-11,21,28H,6-7,12-17H2,1-2H3/t21-,23+/m1/s1. The molecule has 1 N–H and O–H groups in total. The summed E-state index contributed by atoms with van der Waals surface area (Å²) in [7, 11) is 3.90. The van der Waals surface area contributed by atoms with Crippen LogP contribution in [0.5, 0.6) is 0 Å². The summed E-state index contributed by atoms with van der Waals surface area (Å²) in [5.41, 5.74) is -0.0808. The molecular weight excluding hydrogens is 366 g/mol. The molecule has 0 spiro atoms. The number of carbonyl (C=O) groups is 1. The van der Waals surface area contributed by atoms with Crippen molar-refractivity contribution in [2.45, 2.75) is 37.5 Å². The van der Waals surface area contributed by atoms with E-state index in [4.69, 9.17) is 4.42 Å². The largest absolute Gasteiger partial charge is 0.455 e. The first kappa shape index (κ1) is 20.1. The normalized spacial score (nSPS) is 25.7. The fourth-order valence-electron chi connectivity index (χ4n) is 4.66. The maximum Gasteiger partial charge on any atom is 0.289 e. The number of aliphatic hydroxyl groups is 1. The lowest BCUT2D eigenvalue weighted by atomic mass is 9.79. The van der Waals surface area contributed by atoms with Gasteiger partial charge in [-0.05, 0) is 64.1 Å². The molecule has 2 atom stereocenters. The minimum absolute atomic E-state index is 0.0976. The highest BCUT2D eigenvalue weighted by molar-refractivity contribution is 5.91. The Bertz CT molecular complexity index is 829. The van der Waals surface area contributed by atoms with Crippen LogP contribution >= 0.6 is 0 Å². The van der Waals surface area contributed by atoms with Gasteiger partial charge in [0.15, 0.2) is 5.76 Å². The Labute approximate surface area is 172 Å². The van der Waals surface area contributed by atoms with Crippen molar-refractivity contribution < 1.29 is 14.3 Å². The van der Waals surface area contributed by atoms with E-state index in [0.717, 1.165) is 31.0 Å². The molecule has 29 heavy (non-hydrogen) atoms. The first-order valence-electron chi connectivity index (χ1n) is 10.5. The van der Waals surface area contributed by atoms with Gasteiger partial charge < -0.3 is 19.3 Å². The van der Waals surface area contributed by atoms with Crippen LogP contribution in [0.15, 0.2) is 46.9 Å². The first-order chi connectivity index (χ1) is 14.0. The maximum atomic E-state index is 13.1. The number of piperidine rings is 1. The number of carbonyl (C=O) groups excluding carboxylic acids is 1. The van der Waals surface area contributed by atoms with Crippen molar-refractivity contribution in [3.63, 3.8) is 0 Å². The molecule has 0 bridgehead atoms. The van der Waals surface area contributed by atoms with Crippen LogP contribution in [0.3, 0.4) is 0 Å². The van der Waals surface area contributed by atoms with E-state index in [9.17, 15) is 9.90 Å². The monoisotopic (exact) mass is 397 g/mol. The molecule has 156 valence electrons. The van der Waals surface area contributed by atoms with Gasteiger partial charge in [-0.25, -0.2) is 0 Å². The third-order valence-electron chi connectivity index (χ3n) is 6.34. The van der Waals surface area contributed by atoms with Gasteiger partial charge in [0.25, 0.3) is 5.91 Å². The fraction of sp³-hybridized carbons (Fsp3) is 0.522. The van der Waals surface area contributed by atoms with Crippen LogP contribution in [0.2, 0.25) is 0 Å². The molecule has 2 saturated heterocycles. The van der Waals surface area contributed by atoms with E-state index < -0.39 is 5.60 Å². The quantitative estimate of drug-likeness (QED) is 0.840. The molecule has 1 aromatic carbocycles. The van der Waals surface area contributed by atoms with Crippen molar-refractivity contribution in [1.82, 2.24) is 14.7 Å². The predicted octanol–water partition coefficient (Wildman–Crippen LogP) is 2.54. The second-order valence-electron chi connectivity index (χ2n) is 8.52. The van der Waals surface area contributed by atoms with Crippen molar-refractivity contribution in [1.29, 1.82) is 0 Å². The average Bonchev–Trinajstić information content (AvgIpc) is 3.41. The molecule has 0 radical (unpaired) electrons. The number of likely N-dealkylation sites (tertiary alicyclic amines) is 2. The highest BCUT2D eigenvalue weighted by Crippen LogP contribution is 2.35. The van der Waals surface area contributed by atoms with E-state index >= 15 is 0 Å². The Balaban J connectivity index is 1.47. The first-order valence-corrected chi connectivity index (χ1v) is 10.5. The van der Waals surface area contributed by atoms with Crippen molar-refractivity contribution >= 4 is 5.91 Å². The zero-order valence-electron chi connectivity index (χ0n) is 17.4. The number of nitrogens with zero attached hydrogens (tertiary/aromatic N) is 3. The molecule has 2 aliphatic rings. The molecule has 0 aliphatic carbocycles. The molecule has 6 heteroatoms. The number of likely N-dealkylation sites (N-methyl/N-ethyl adjacent to an activating group) is 1. The number of hydrogen-bond acceptors (Lipinski definition) is 5. The van der Waals surface area contributed by atoms with Crippen molar-refractivity contribution in [2.24, 2.45) is 0 Å². The van der Waals surface area contributed by atoms with Gasteiger partial charge in [0.05, 0.1) is 12.6 Å². The summed E-state index contributed by atoms with van der Waals surface area (Å²) >= 11 is 0. The maximum absolute atomic E-state index is 13.1. The smallest absolute Gasteiger partial charge is 0.289 e. The van der Waals surface area contributed by atoms with Crippen LogP contribution in [0.1, 0.15) is 41.1 Å². The van der Waals surface area contributed by atoms with Gasteiger partial charge in [0.2, 0.25) is 0 Å². The summed E-state index contributed by atoms with van der Waals surface area (Å²) in [6.45, 7) is 3.91. The van der Waals surface area contributed by atoms with Gasteiger partial charge in [-0.15, -0.1) is 0 Å². The summed E-state index contributed by atoms with van der Waals surface area (Å²) in [4.78, 5) is 19.3. The van der Waals surface area contributed by atoms with Crippen molar-refractivity contribution in [3.05, 3.63) is 59.5 Å². The van der Waals surface area contributed by atoms with Gasteiger partial charge in [-0.1, -0.05) is 30.3 Å². The molecule has 3 heterocycles. The zero-order valence-corrected chi connectivity index (χ0v) is 17.4. The molecule has 2 fully saturated rings. The van der Waals surface area contributed by atoms with Crippen molar-refractivity contribution in [3.8, 4) is 0 Å². The molecule has 0 unspecified atom stereocenters. The molecule has 2 aliphatic heterocycles. The summed E-state index contributed by atoms with van der Waals surface area (Å²) in [6.07, 6.45) is 2.96. The summed E-state index contributed by atoms with van der Waals surface area (Å²) < 4.78 is 5.88. The van der Waals surface area contributed by atoms with Gasteiger partial charge in [0, 0.05) is 13.1 Å². The van der Waals surface area contributed by atoms with E-state index in [-0.39, 0.29) is 11.9 Å². The highest BCUT2D eigenvalue weighted by atomic mass is 16.4. The number of rotatable bonds is 5. The molecule has 4 rings (SSSR count). The second-order valence-corrected chi connectivity index (χ2v) is 8.52. The predicted molar refractivity (Wildman–Crippen MR) is 112 cm³/mol. The molecule has 6 nitrogen and oxygen atoms in total. The van der Waals surface area contributed by atoms with Gasteiger partial charge in [0.1, 0.15) is 11.4 Å². The van der Waals surface area contributed by atoms with Crippen LogP contribution in [-0.4, -0.2) is 72.0 Å². The highest BCUT2D eigenvalue weighted by Gasteiger charge is 2.45. The summed E-state index contributed by atoms with van der Waals surface area (Å²) in [5, 5.41) is 11.5. The minimum atomic E-state index is -0.981. The lowest BCUT2D eigenvalue weighted by Crippen LogP contribution is -2.60. The molecular formula is C23H31N3O3. The van der Waals surface area contributed by atoms with Crippen LogP contribution < -0.4 is 0 Å². The third-order valence-corrected chi connectivity index (χ3v) is 6.34. The number of furan rings is 1. The Hall–Kier alpha value is -2.15.